The molecule has 1 aliphatic heterocycles. The van der Waals surface area contributed by atoms with Crippen LogP contribution in [0.4, 0.5) is 4.39 Å². The van der Waals surface area contributed by atoms with Gasteiger partial charge in [-0.05, 0) is 18.2 Å². The fourth-order valence-corrected chi connectivity index (χ4v) is 3.37. The van der Waals surface area contributed by atoms with Crippen LogP contribution in [-0.4, -0.2) is 44.8 Å². The number of hydrogen-bond donors (Lipinski definition) is 3. The van der Waals surface area contributed by atoms with Crippen molar-refractivity contribution in [2.75, 3.05) is 5.75 Å². The van der Waals surface area contributed by atoms with Crippen LogP contribution in [0.1, 0.15) is 0 Å². The highest BCUT2D eigenvalue weighted by atomic mass is 32.2. The Morgan fingerprint density at radius 2 is 2.00 bits per heavy atom. The Hall–Kier alpha value is -1.54. The van der Waals surface area contributed by atoms with E-state index in [1.54, 1.807) is 12.1 Å². The Kier molecular flexibility index (Phi) is 4.39. The van der Waals surface area contributed by atoms with Crippen molar-refractivity contribution in [3.8, 4) is 16.9 Å². The Bertz CT molecular complexity index is 633. The lowest BCUT2D eigenvalue weighted by atomic mass is 10.1. The highest BCUT2D eigenvalue weighted by Gasteiger charge is 2.38. The van der Waals surface area contributed by atoms with Crippen LogP contribution in [0.25, 0.3) is 11.1 Å². The summed E-state index contributed by atoms with van der Waals surface area (Å²) in [5.41, 5.74) is 0.528. The van der Waals surface area contributed by atoms with E-state index in [4.69, 9.17) is 9.15 Å². The van der Waals surface area contributed by atoms with E-state index in [1.807, 2.05) is 0 Å². The first-order valence-electron chi connectivity index (χ1n) is 6.71. The molecule has 0 spiro atoms. The van der Waals surface area contributed by atoms with Crippen LogP contribution < -0.4 is 4.74 Å². The first-order valence-corrected chi connectivity index (χ1v) is 7.75. The molecule has 0 bridgehead atoms. The number of furan rings is 1. The molecular formula is C15H15FO5S. The minimum atomic E-state index is -1.29. The summed E-state index contributed by atoms with van der Waals surface area (Å²) in [4.78, 5) is 0. The van der Waals surface area contributed by atoms with Crippen LogP contribution in [-0.2, 0) is 0 Å². The Morgan fingerprint density at radius 1 is 1.18 bits per heavy atom. The van der Waals surface area contributed by atoms with Gasteiger partial charge in [-0.15, -0.1) is 11.8 Å². The van der Waals surface area contributed by atoms with Crippen molar-refractivity contribution < 1.29 is 28.9 Å². The van der Waals surface area contributed by atoms with Crippen molar-refractivity contribution in [1.82, 2.24) is 0 Å². The molecule has 3 rings (SSSR count). The number of halogens is 1. The first-order chi connectivity index (χ1) is 10.6. The number of aliphatic hydroxyl groups is 3. The minimum Gasteiger partial charge on any atom is -0.476 e. The molecule has 0 saturated carbocycles. The molecule has 1 aromatic heterocycles. The van der Waals surface area contributed by atoms with Gasteiger partial charge in [-0.25, -0.2) is 4.39 Å². The molecule has 7 heteroatoms. The average Bonchev–Trinajstić information content (AvgIpc) is 3.02. The third kappa shape index (κ3) is 2.98. The molecule has 0 aliphatic carbocycles. The maximum Gasteiger partial charge on any atom is 0.173 e. The number of aliphatic hydroxyl groups excluding tert-OH is 3. The van der Waals surface area contributed by atoms with E-state index in [0.717, 1.165) is 11.8 Å². The smallest absolute Gasteiger partial charge is 0.173 e. The Labute approximate surface area is 130 Å². The van der Waals surface area contributed by atoms with Gasteiger partial charge in [0, 0.05) is 22.9 Å². The van der Waals surface area contributed by atoms with Gasteiger partial charge in [0.15, 0.2) is 5.44 Å². The zero-order chi connectivity index (χ0) is 15.7. The fraction of sp³-hybridized carbons (Fsp3) is 0.333. The summed E-state index contributed by atoms with van der Waals surface area (Å²) in [6, 6.07) is 5.79. The van der Waals surface area contributed by atoms with Crippen molar-refractivity contribution in [3.63, 3.8) is 0 Å². The lowest BCUT2D eigenvalue weighted by Crippen LogP contribution is -2.50. The molecular weight excluding hydrogens is 311 g/mol. The van der Waals surface area contributed by atoms with Crippen molar-refractivity contribution >= 4 is 11.8 Å². The van der Waals surface area contributed by atoms with Crippen LogP contribution >= 0.6 is 11.8 Å². The summed E-state index contributed by atoms with van der Waals surface area (Å²) in [6.07, 6.45) is -0.581. The summed E-state index contributed by atoms with van der Waals surface area (Å²) in [7, 11) is 0. The third-order valence-electron chi connectivity index (χ3n) is 3.47. The molecule has 1 saturated heterocycles. The van der Waals surface area contributed by atoms with E-state index in [2.05, 4.69) is 0 Å². The molecule has 3 N–H and O–H groups in total. The standard InChI is InChI=1S/C15H15FO5S/c16-9-1-2-10(8-3-4-20-6-8)12(5-9)21-15-14(19)13(18)11(17)7-22-15/h1-6,11,13-15,17-19H,7H2/t11-,13+,14-,15+/m1/s1. The van der Waals surface area contributed by atoms with Crippen molar-refractivity contribution in [2.24, 2.45) is 0 Å². The van der Waals surface area contributed by atoms with Crippen molar-refractivity contribution in [3.05, 3.63) is 42.6 Å². The molecule has 2 heterocycles. The number of ether oxygens (including phenoxy) is 1. The molecule has 2 aromatic rings. The van der Waals surface area contributed by atoms with Gasteiger partial charge in [0.1, 0.15) is 23.8 Å². The molecule has 1 aliphatic rings. The number of rotatable bonds is 3. The normalized spacial score (nSPS) is 28.5. The third-order valence-corrected chi connectivity index (χ3v) is 4.71. The highest BCUT2D eigenvalue weighted by molar-refractivity contribution is 7.99. The van der Waals surface area contributed by atoms with Crippen molar-refractivity contribution in [2.45, 2.75) is 23.7 Å². The fourth-order valence-electron chi connectivity index (χ4n) is 2.26. The van der Waals surface area contributed by atoms with Crippen LogP contribution in [0, 0.1) is 5.82 Å². The van der Waals surface area contributed by atoms with Crippen LogP contribution in [0.5, 0.6) is 5.75 Å². The van der Waals surface area contributed by atoms with Gasteiger partial charge in [0.2, 0.25) is 0 Å². The molecule has 118 valence electrons. The molecule has 1 aromatic carbocycles. The maximum atomic E-state index is 13.5. The largest absolute Gasteiger partial charge is 0.476 e. The quantitative estimate of drug-likeness (QED) is 0.795. The lowest BCUT2D eigenvalue weighted by Gasteiger charge is -2.34. The summed E-state index contributed by atoms with van der Waals surface area (Å²) in [5.74, 6) is -0.0149. The molecule has 5 nitrogen and oxygen atoms in total. The Balaban J connectivity index is 1.87. The SMILES string of the molecule is O[C@@H]1[C@@H](O)[C@@H](Oc2cc(F)ccc2-c2ccoc2)SC[C@H]1O. The summed E-state index contributed by atoms with van der Waals surface area (Å²) >= 11 is 1.16. The van der Waals surface area contributed by atoms with Gasteiger partial charge in [0.05, 0.1) is 18.6 Å². The van der Waals surface area contributed by atoms with Gasteiger partial charge in [-0.3, -0.25) is 0 Å². The number of benzene rings is 1. The van der Waals surface area contributed by atoms with E-state index < -0.39 is 29.6 Å². The van der Waals surface area contributed by atoms with Gasteiger partial charge in [-0.2, -0.15) is 0 Å². The monoisotopic (exact) mass is 326 g/mol. The molecule has 0 amide bonds. The molecule has 4 atom stereocenters. The summed E-state index contributed by atoms with van der Waals surface area (Å²) in [6.45, 7) is 0. The summed E-state index contributed by atoms with van der Waals surface area (Å²) in [5, 5.41) is 29.2. The zero-order valence-electron chi connectivity index (χ0n) is 11.4. The highest BCUT2D eigenvalue weighted by Crippen LogP contribution is 2.35. The van der Waals surface area contributed by atoms with E-state index in [-0.39, 0.29) is 11.5 Å². The average molecular weight is 326 g/mol. The zero-order valence-corrected chi connectivity index (χ0v) is 12.2. The van der Waals surface area contributed by atoms with Gasteiger partial charge >= 0.3 is 0 Å². The van der Waals surface area contributed by atoms with Crippen LogP contribution in [0.3, 0.4) is 0 Å². The first kappa shape index (κ1) is 15.4. The van der Waals surface area contributed by atoms with E-state index in [9.17, 15) is 19.7 Å². The molecule has 0 radical (unpaired) electrons. The van der Waals surface area contributed by atoms with Gasteiger partial charge in [0.25, 0.3) is 0 Å². The Morgan fingerprint density at radius 3 is 2.73 bits per heavy atom. The molecule has 1 fully saturated rings. The number of hydrogen-bond acceptors (Lipinski definition) is 6. The molecule has 0 unspecified atom stereocenters. The predicted molar refractivity (Wildman–Crippen MR) is 79.0 cm³/mol. The minimum absolute atomic E-state index is 0.221. The van der Waals surface area contributed by atoms with E-state index >= 15 is 0 Å². The number of thioether (sulfide) groups is 1. The van der Waals surface area contributed by atoms with Gasteiger partial charge in [-0.1, -0.05) is 0 Å². The topological polar surface area (TPSA) is 83.1 Å². The van der Waals surface area contributed by atoms with E-state index in [0.29, 0.717) is 11.1 Å². The van der Waals surface area contributed by atoms with Gasteiger partial charge < -0.3 is 24.5 Å². The maximum absolute atomic E-state index is 13.5. The van der Waals surface area contributed by atoms with E-state index in [1.165, 1.54) is 24.7 Å². The van der Waals surface area contributed by atoms with Crippen LogP contribution in [0.15, 0.2) is 41.2 Å². The van der Waals surface area contributed by atoms with Crippen molar-refractivity contribution in [1.29, 1.82) is 0 Å². The predicted octanol–water partition coefficient (Wildman–Crippen LogP) is 1.62. The second-order valence-electron chi connectivity index (χ2n) is 5.02. The lowest BCUT2D eigenvalue weighted by molar-refractivity contribution is -0.0785. The van der Waals surface area contributed by atoms with Crippen LogP contribution in [0.2, 0.25) is 0 Å². The second kappa shape index (κ2) is 6.29. The molecule has 22 heavy (non-hydrogen) atoms. The second-order valence-corrected chi connectivity index (χ2v) is 6.15. The summed E-state index contributed by atoms with van der Waals surface area (Å²) < 4.78 is 24.2.